The molecule has 23 heavy (non-hydrogen) atoms. The van der Waals surface area contributed by atoms with Crippen LogP contribution in [-0.4, -0.2) is 48.2 Å². The summed E-state index contributed by atoms with van der Waals surface area (Å²) in [6, 6.07) is 0. The van der Waals surface area contributed by atoms with Crippen LogP contribution in [-0.2, 0) is 9.53 Å². The molecular formula is C15H28N4O2S2. The number of nitrogens with zero attached hydrogens (tertiary/aromatic N) is 2. The standard InChI is InChI=1S/C15H28N4O2S2/c1-11(2)5-7-21-8-6-16-13(20)10-22-15-19-18-14(23-15)17-9-12(3)4/h11-12H,5-10H2,1-4H3,(H,16,20)(H,17,18). The molecule has 0 aromatic carbocycles. The number of aromatic nitrogens is 2. The fraction of sp³-hybridized carbons (Fsp3) is 0.800. The number of nitrogens with one attached hydrogen (secondary N) is 2. The predicted octanol–water partition coefficient (Wildman–Crippen LogP) is 2.88. The number of carbonyl (C=O) groups excluding carboxylic acids is 1. The molecule has 0 spiro atoms. The summed E-state index contributed by atoms with van der Waals surface area (Å²) in [5, 5.41) is 15.0. The van der Waals surface area contributed by atoms with Crippen molar-refractivity contribution in [3.8, 4) is 0 Å². The Morgan fingerprint density at radius 2 is 2.00 bits per heavy atom. The van der Waals surface area contributed by atoms with E-state index < -0.39 is 0 Å². The van der Waals surface area contributed by atoms with Gasteiger partial charge in [0.05, 0.1) is 12.4 Å². The van der Waals surface area contributed by atoms with E-state index in [0.717, 1.165) is 29.0 Å². The maximum atomic E-state index is 11.7. The van der Waals surface area contributed by atoms with Gasteiger partial charge in [-0.2, -0.15) is 0 Å². The molecule has 0 unspecified atom stereocenters. The summed E-state index contributed by atoms with van der Waals surface area (Å²) in [7, 11) is 0. The first-order valence-electron chi connectivity index (χ1n) is 8.02. The van der Waals surface area contributed by atoms with Gasteiger partial charge in [0.1, 0.15) is 0 Å². The molecule has 1 rings (SSSR count). The molecule has 0 bridgehead atoms. The minimum atomic E-state index is -0.00523. The zero-order valence-electron chi connectivity index (χ0n) is 14.4. The number of thioether (sulfide) groups is 1. The van der Waals surface area contributed by atoms with Crippen LogP contribution >= 0.6 is 23.1 Å². The zero-order chi connectivity index (χ0) is 17.1. The Morgan fingerprint density at radius 1 is 1.22 bits per heavy atom. The van der Waals surface area contributed by atoms with Crippen molar-refractivity contribution < 1.29 is 9.53 Å². The first-order chi connectivity index (χ1) is 11.0. The maximum absolute atomic E-state index is 11.7. The number of hydrogen-bond donors (Lipinski definition) is 2. The highest BCUT2D eigenvalue weighted by Gasteiger charge is 2.08. The lowest BCUT2D eigenvalue weighted by Crippen LogP contribution is -2.28. The van der Waals surface area contributed by atoms with Crippen molar-refractivity contribution in [3.63, 3.8) is 0 Å². The van der Waals surface area contributed by atoms with Crippen LogP contribution < -0.4 is 10.6 Å². The van der Waals surface area contributed by atoms with E-state index in [0.29, 0.717) is 30.7 Å². The third-order valence-electron chi connectivity index (χ3n) is 2.80. The molecule has 1 aromatic rings. The van der Waals surface area contributed by atoms with Crippen molar-refractivity contribution in [2.24, 2.45) is 11.8 Å². The first kappa shape index (κ1) is 20.2. The summed E-state index contributed by atoms with van der Waals surface area (Å²) in [6.45, 7) is 11.3. The highest BCUT2D eigenvalue weighted by atomic mass is 32.2. The van der Waals surface area contributed by atoms with Crippen LogP contribution in [0.3, 0.4) is 0 Å². The van der Waals surface area contributed by atoms with Crippen molar-refractivity contribution in [1.82, 2.24) is 15.5 Å². The molecule has 132 valence electrons. The van der Waals surface area contributed by atoms with Crippen molar-refractivity contribution >= 4 is 34.1 Å². The van der Waals surface area contributed by atoms with Gasteiger partial charge >= 0.3 is 0 Å². The minimum absolute atomic E-state index is 0.00523. The average molecular weight is 361 g/mol. The van der Waals surface area contributed by atoms with E-state index in [1.807, 2.05) is 0 Å². The second-order valence-electron chi connectivity index (χ2n) is 6.08. The zero-order valence-corrected chi connectivity index (χ0v) is 16.1. The maximum Gasteiger partial charge on any atom is 0.230 e. The Kier molecular flexibility index (Phi) is 10.2. The van der Waals surface area contributed by atoms with Gasteiger partial charge in [-0.3, -0.25) is 4.79 Å². The van der Waals surface area contributed by atoms with E-state index in [-0.39, 0.29) is 5.91 Å². The Bertz CT molecular complexity index is 452. The fourth-order valence-electron chi connectivity index (χ4n) is 1.49. The van der Waals surface area contributed by atoms with Crippen molar-refractivity contribution in [1.29, 1.82) is 0 Å². The number of amides is 1. The van der Waals surface area contributed by atoms with Crippen LogP contribution in [0, 0.1) is 11.8 Å². The molecule has 0 saturated carbocycles. The smallest absolute Gasteiger partial charge is 0.230 e. The van der Waals surface area contributed by atoms with Gasteiger partial charge in [0, 0.05) is 19.7 Å². The minimum Gasteiger partial charge on any atom is -0.380 e. The monoisotopic (exact) mass is 360 g/mol. The summed E-state index contributed by atoms with van der Waals surface area (Å²) in [4.78, 5) is 11.7. The molecule has 0 saturated heterocycles. The Morgan fingerprint density at radius 3 is 2.70 bits per heavy atom. The largest absolute Gasteiger partial charge is 0.380 e. The number of anilines is 1. The molecule has 0 fully saturated rings. The van der Waals surface area contributed by atoms with Crippen molar-refractivity contribution in [2.45, 2.75) is 38.5 Å². The Hall–Kier alpha value is -0.860. The van der Waals surface area contributed by atoms with Gasteiger partial charge < -0.3 is 15.4 Å². The summed E-state index contributed by atoms with van der Waals surface area (Å²) in [5.41, 5.74) is 0. The van der Waals surface area contributed by atoms with E-state index in [4.69, 9.17) is 4.74 Å². The quantitative estimate of drug-likeness (QED) is 0.441. The highest BCUT2D eigenvalue weighted by molar-refractivity contribution is 8.01. The molecular weight excluding hydrogens is 332 g/mol. The molecule has 0 atom stereocenters. The second-order valence-corrected chi connectivity index (χ2v) is 8.28. The number of rotatable bonds is 12. The van der Waals surface area contributed by atoms with Crippen LogP contribution in [0.1, 0.15) is 34.1 Å². The molecule has 0 aliphatic heterocycles. The third-order valence-corrected chi connectivity index (χ3v) is 4.82. The highest BCUT2D eigenvalue weighted by Crippen LogP contribution is 2.25. The summed E-state index contributed by atoms with van der Waals surface area (Å²) in [5.74, 6) is 1.55. The second kappa shape index (κ2) is 11.6. The number of carbonyl (C=O) groups is 1. The van der Waals surface area contributed by atoms with E-state index in [2.05, 4.69) is 48.5 Å². The van der Waals surface area contributed by atoms with Crippen molar-refractivity contribution in [2.75, 3.05) is 37.4 Å². The van der Waals surface area contributed by atoms with Crippen LogP contribution in [0.15, 0.2) is 4.34 Å². The first-order valence-corrected chi connectivity index (χ1v) is 9.82. The van der Waals surface area contributed by atoms with E-state index in [9.17, 15) is 4.79 Å². The van der Waals surface area contributed by atoms with Crippen molar-refractivity contribution in [3.05, 3.63) is 0 Å². The number of ether oxygens (including phenoxy) is 1. The SMILES string of the molecule is CC(C)CCOCCNC(=O)CSc1nnc(NCC(C)C)s1. The van der Waals surface area contributed by atoms with Gasteiger partial charge in [-0.05, 0) is 18.3 Å². The van der Waals surface area contributed by atoms with Crippen LogP contribution in [0.5, 0.6) is 0 Å². The van der Waals surface area contributed by atoms with Gasteiger partial charge in [-0.1, -0.05) is 50.8 Å². The van der Waals surface area contributed by atoms with E-state index in [1.165, 1.54) is 23.1 Å². The molecule has 8 heteroatoms. The summed E-state index contributed by atoms with van der Waals surface area (Å²) >= 11 is 2.89. The lowest BCUT2D eigenvalue weighted by molar-refractivity contribution is -0.118. The molecule has 0 aliphatic carbocycles. The lowest BCUT2D eigenvalue weighted by Gasteiger charge is -2.07. The Balaban J connectivity index is 2.09. The lowest BCUT2D eigenvalue weighted by atomic mass is 10.1. The van der Waals surface area contributed by atoms with Crippen LogP contribution in [0.4, 0.5) is 5.13 Å². The van der Waals surface area contributed by atoms with Gasteiger partial charge in [-0.25, -0.2) is 0 Å². The van der Waals surface area contributed by atoms with Crippen LogP contribution in [0.25, 0.3) is 0 Å². The Labute approximate surface area is 147 Å². The number of hydrogen-bond acceptors (Lipinski definition) is 7. The molecule has 1 aromatic heterocycles. The topological polar surface area (TPSA) is 76.1 Å². The average Bonchev–Trinajstić information content (AvgIpc) is 2.94. The molecule has 0 aliphatic rings. The molecule has 2 N–H and O–H groups in total. The van der Waals surface area contributed by atoms with Gasteiger partial charge in [0.15, 0.2) is 4.34 Å². The van der Waals surface area contributed by atoms with Gasteiger partial charge in [-0.15, -0.1) is 10.2 Å². The van der Waals surface area contributed by atoms with E-state index >= 15 is 0 Å². The van der Waals surface area contributed by atoms with Gasteiger partial charge in [0.2, 0.25) is 11.0 Å². The molecule has 6 nitrogen and oxygen atoms in total. The fourth-order valence-corrected chi connectivity index (χ4v) is 3.08. The van der Waals surface area contributed by atoms with Crippen LogP contribution in [0.2, 0.25) is 0 Å². The summed E-state index contributed by atoms with van der Waals surface area (Å²) in [6.07, 6.45) is 1.05. The molecule has 0 radical (unpaired) electrons. The summed E-state index contributed by atoms with van der Waals surface area (Å²) < 4.78 is 6.26. The molecule has 1 amide bonds. The normalized spacial score (nSPS) is 11.2. The third kappa shape index (κ3) is 10.5. The van der Waals surface area contributed by atoms with Gasteiger partial charge in [0.25, 0.3) is 0 Å². The molecule has 1 heterocycles. The predicted molar refractivity (Wildman–Crippen MR) is 97.2 cm³/mol. The van der Waals surface area contributed by atoms with E-state index in [1.54, 1.807) is 0 Å².